The summed E-state index contributed by atoms with van der Waals surface area (Å²) in [6, 6.07) is 20.6. The summed E-state index contributed by atoms with van der Waals surface area (Å²) in [7, 11) is 2.18. The third kappa shape index (κ3) is 2.67. The van der Waals surface area contributed by atoms with E-state index in [1.807, 2.05) is 0 Å². The van der Waals surface area contributed by atoms with Crippen LogP contribution in [0.25, 0.3) is 33.2 Å². The third-order valence-corrected chi connectivity index (χ3v) is 8.44. The van der Waals surface area contributed by atoms with Gasteiger partial charge < -0.3 is 0 Å². The predicted octanol–water partition coefficient (Wildman–Crippen LogP) is 7.49. The smallest absolute Gasteiger partial charge is 0.201 e. The summed E-state index contributed by atoms with van der Waals surface area (Å²) >= 11 is 0. The summed E-state index contributed by atoms with van der Waals surface area (Å²) in [6.45, 7) is 16.5. The zero-order chi connectivity index (χ0) is 23.0. The highest BCUT2D eigenvalue weighted by Gasteiger charge is 2.48. The fourth-order valence-electron chi connectivity index (χ4n) is 5.84. The first-order chi connectivity index (χ1) is 15.1. The third-order valence-electron chi connectivity index (χ3n) is 8.44. The van der Waals surface area contributed by atoms with Crippen LogP contribution in [0.1, 0.15) is 55.5 Å². The van der Waals surface area contributed by atoms with Gasteiger partial charge in [-0.2, -0.15) is 0 Å². The van der Waals surface area contributed by atoms with Gasteiger partial charge >= 0.3 is 0 Å². The average Bonchev–Trinajstić information content (AvgIpc) is 2.74. The summed E-state index contributed by atoms with van der Waals surface area (Å²) < 4.78 is 2.31. The van der Waals surface area contributed by atoms with Crippen molar-refractivity contribution in [2.45, 2.75) is 59.3 Å². The Hall–Kier alpha value is -2.93. The molecule has 32 heavy (non-hydrogen) atoms. The van der Waals surface area contributed by atoms with Crippen LogP contribution < -0.4 is 4.57 Å². The van der Waals surface area contributed by atoms with Crippen LogP contribution in [-0.4, -0.2) is 0 Å². The summed E-state index contributed by atoms with van der Waals surface area (Å²) in [5.74, 6) is 0. The Morgan fingerprint density at radius 3 is 2.03 bits per heavy atom. The monoisotopic (exact) mass is 420 g/mol. The molecule has 0 fully saturated rings. The van der Waals surface area contributed by atoms with E-state index in [-0.39, 0.29) is 10.8 Å². The van der Waals surface area contributed by atoms with Gasteiger partial charge in [0.25, 0.3) is 0 Å². The maximum absolute atomic E-state index is 2.44. The molecule has 1 aliphatic carbocycles. The van der Waals surface area contributed by atoms with Crippen molar-refractivity contribution in [3.05, 3.63) is 88.6 Å². The number of aromatic nitrogens is 1. The van der Waals surface area contributed by atoms with Crippen LogP contribution in [0.2, 0.25) is 0 Å². The molecular weight excluding hydrogens is 386 g/mol. The number of rotatable bonds is 1. The molecule has 0 spiro atoms. The highest BCUT2D eigenvalue weighted by molar-refractivity contribution is 5.97. The Morgan fingerprint density at radius 2 is 1.28 bits per heavy atom. The van der Waals surface area contributed by atoms with E-state index in [0.717, 1.165) is 0 Å². The van der Waals surface area contributed by atoms with Gasteiger partial charge in [0.2, 0.25) is 5.69 Å². The zero-order valence-corrected chi connectivity index (χ0v) is 20.7. The molecule has 5 rings (SSSR count). The SMILES string of the molecule is Cc1cc(-c2c(C)ccc3c2C(C)(C)C(C)(C)c2c-3ccc3ccccc23)[n+](C)cc1C. The number of fused-ring (bicyclic) bond motifs is 5. The van der Waals surface area contributed by atoms with Gasteiger partial charge in [-0.05, 0) is 64.9 Å². The molecule has 0 radical (unpaired) electrons. The van der Waals surface area contributed by atoms with Gasteiger partial charge in [0.1, 0.15) is 7.05 Å². The lowest BCUT2D eigenvalue weighted by Gasteiger charge is -2.49. The summed E-state index contributed by atoms with van der Waals surface area (Å²) in [4.78, 5) is 0. The molecular formula is C31H34N+. The van der Waals surface area contributed by atoms with Crippen molar-refractivity contribution in [3.63, 3.8) is 0 Å². The molecule has 0 saturated carbocycles. The number of benzene rings is 3. The van der Waals surface area contributed by atoms with E-state index in [9.17, 15) is 0 Å². The van der Waals surface area contributed by atoms with Crippen LogP contribution in [0.3, 0.4) is 0 Å². The molecule has 0 atom stereocenters. The molecule has 0 unspecified atom stereocenters. The van der Waals surface area contributed by atoms with Gasteiger partial charge in [0, 0.05) is 22.5 Å². The summed E-state index contributed by atoms with van der Waals surface area (Å²) in [6.07, 6.45) is 2.27. The molecule has 0 amide bonds. The maximum atomic E-state index is 2.44. The van der Waals surface area contributed by atoms with Crippen molar-refractivity contribution >= 4 is 10.8 Å². The Labute approximate surface area is 192 Å². The number of aryl methyl sites for hydroxylation is 4. The van der Waals surface area contributed by atoms with Gasteiger partial charge in [0.05, 0.1) is 5.56 Å². The van der Waals surface area contributed by atoms with Crippen molar-refractivity contribution in [1.29, 1.82) is 0 Å². The molecule has 1 aliphatic rings. The summed E-state index contributed by atoms with van der Waals surface area (Å²) in [5, 5.41) is 2.71. The van der Waals surface area contributed by atoms with Crippen LogP contribution in [0.4, 0.5) is 0 Å². The van der Waals surface area contributed by atoms with E-state index in [2.05, 4.69) is 121 Å². The fourth-order valence-corrected chi connectivity index (χ4v) is 5.84. The quantitative estimate of drug-likeness (QED) is 0.281. The van der Waals surface area contributed by atoms with Crippen molar-refractivity contribution in [2.75, 3.05) is 0 Å². The average molecular weight is 421 g/mol. The van der Waals surface area contributed by atoms with Crippen LogP contribution >= 0.6 is 0 Å². The largest absolute Gasteiger partial charge is 0.213 e. The minimum Gasteiger partial charge on any atom is -0.201 e. The Bertz CT molecular complexity index is 1400. The van der Waals surface area contributed by atoms with Crippen molar-refractivity contribution < 1.29 is 4.57 Å². The highest BCUT2D eigenvalue weighted by atomic mass is 14.9. The molecule has 0 bridgehead atoms. The molecule has 1 heterocycles. The Morgan fingerprint density at radius 1 is 0.656 bits per heavy atom. The van der Waals surface area contributed by atoms with Gasteiger partial charge in [-0.15, -0.1) is 0 Å². The van der Waals surface area contributed by atoms with E-state index in [0.29, 0.717) is 0 Å². The zero-order valence-electron chi connectivity index (χ0n) is 20.7. The van der Waals surface area contributed by atoms with E-state index >= 15 is 0 Å². The van der Waals surface area contributed by atoms with Gasteiger partial charge in [-0.1, -0.05) is 76.2 Å². The van der Waals surface area contributed by atoms with E-state index in [1.54, 1.807) is 0 Å². The molecule has 1 aromatic heterocycles. The van der Waals surface area contributed by atoms with E-state index in [1.165, 1.54) is 61.0 Å². The van der Waals surface area contributed by atoms with Crippen LogP contribution in [0, 0.1) is 20.8 Å². The molecule has 1 nitrogen and oxygen atoms in total. The maximum Gasteiger partial charge on any atom is 0.213 e. The lowest BCUT2D eigenvalue weighted by Crippen LogP contribution is -2.45. The molecule has 0 aliphatic heterocycles. The normalized spacial score (nSPS) is 16.0. The standard InChI is InChI=1S/C31H34N/c1-19-13-15-25-24-16-14-22-11-9-10-12-23(22)28(24)30(4,5)31(6,7)29(25)27(19)26-17-20(2)21(3)18-32(26)8/h9-18H,1-8H3/q+1. The second-order valence-electron chi connectivity index (χ2n) is 10.8. The topological polar surface area (TPSA) is 3.88 Å². The van der Waals surface area contributed by atoms with Gasteiger partial charge in [-0.25, -0.2) is 4.57 Å². The lowest BCUT2D eigenvalue weighted by atomic mass is 9.53. The number of pyridine rings is 1. The first kappa shape index (κ1) is 20.9. The number of nitrogens with zero attached hydrogens (tertiary/aromatic N) is 1. The minimum absolute atomic E-state index is 0.0307. The summed E-state index contributed by atoms with van der Waals surface area (Å²) in [5.41, 5.74) is 12.4. The van der Waals surface area contributed by atoms with Crippen molar-refractivity contribution in [3.8, 4) is 22.4 Å². The van der Waals surface area contributed by atoms with Gasteiger partial charge in [0.15, 0.2) is 6.20 Å². The molecule has 0 saturated heterocycles. The lowest BCUT2D eigenvalue weighted by molar-refractivity contribution is -0.660. The van der Waals surface area contributed by atoms with E-state index in [4.69, 9.17) is 0 Å². The highest BCUT2D eigenvalue weighted by Crippen LogP contribution is 2.57. The molecule has 0 N–H and O–H groups in total. The number of hydrogen-bond acceptors (Lipinski definition) is 0. The van der Waals surface area contributed by atoms with Crippen molar-refractivity contribution in [1.82, 2.24) is 0 Å². The second-order valence-corrected chi connectivity index (χ2v) is 10.8. The second kappa shape index (κ2) is 6.78. The minimum atomic E-state index is -0.0490. The first-order valence-electron chi connectivity index (χ1n) is 11.7. The first-order valence-corrected chi connectivity index (χ1v) is 11.7. The van der Waals surface area contributed by atoms with Gasteiger partial charge in [-0.3, -0.25) is 0 Å². The molecule has 162 valence electrons. The van der Waals surface area contributed by atoms with E-state index < -0.39 is 0 Å². The Kier molecular flexibility index (Phi) is 4.44. The fraction of sp³-hybridized carbons (Fsp3) is 0.323. The molecule has 4 aromatic rings. The Balaban J connectivity index is 1.96. The van der Waals surface area contributed by atoms with Crippen LogP contribution in [0.15, 0.2) is 60.8 Å². The number of hydrogen-bond donors (Lipinski definition) is 0. The molecule has 3 aromatic carbocycles. The molecule has 1 heteroatoms. The van der Waals surface area contributed by atoms with Crippen LogP contribution in [0.5, 0.6) is 0 Å². The predicted molar refractivity (Wildman–Crippen MR) is 136 cm³/mol. The van der Waals surface area contributed by atoms with Crippen molar-refractivity contribution in [2.24, 2.45) is 7.05 Å². The van der Waals surface area contributed by atoms with Crippen LogP contribution in [-0.2, 0) is 17.9 Å².